The maximum absolute atomic E-state index is 10.4. The highest BCUT2D eigenvalue weighted by molar-refractivity contribution is 7.51. The summed E-state index contributed by atoms with van der Waals surface area (Å²) in [6.07, 6.45) is -3.32. The SMILES string of the molecule is O=C(O)C(=O)CC(O)CP(=O)(O)O. The monoisotopic (exact) mass is 212 g/mol. The Morgan fingerprint density at radius 3 is 2.08 bits per heavy atom. The van der Waals surface area contributed by atoms with Crippen LogP contribution in [-0.4, -0.2) is 44.0 Å². The van der Waals surface area contributed by atoms with Crippen molar-refractivity contribution in [1.82, 2.24) is 0 Å². The van der Waals surface area contributed by atoms with Gasteiger partial charge in [0.25, 0.3) is 0 Å². The predicted octanol–water partition coefficient (Wildman–Crippen LogP) is -1.43. The lowest BCUT2D eigenvalue weighted by Gasteiger charge is -2.08. The van der Waals surface area contributed by atoms with E-state index in [4.69, 9.17) is 20.0 Å². The minimum absolute atomic E-state index is 0.791. The maximum Gasteiger partial charge on any atom is 0.372 e. The van der Waals surface area contributed by atoms with E-state index in [1.165, 1.54) is 0 Å². The summed E-state index contributed by atoms with van der Waals surface area (Å²) in [5, 5.41) is 16.9. The van der Waals surface area contributed by atoms with Crippen molar-refractivity contribution >= 4 is 19.3 Å². The first-order chi connectivity index (χ1) is 5.72. The topological polar surface area (TPSA) is 132 Å². The largest absolute Gasteiger partial charge is 0.475 e. The Hall–Kier alpha value is -0.750. The van der Waals surface area contributed by atoms with Crippen LogP contribution >= 0.6 is 7.60 Å². The molecule has 0 bridgehead atoms. The fourth-order valence-electron chi connectivity index (χ4n) is 0.640. The van der Waals surface area contributed by atoms with Gasteiger partial charge in [-0.05, 0) is 0 Å². The third kappa shape index (κ3) is 6.41. The molecule has 0 saturated heterocycles. The van der Waals surface area contributed by atoms with Crippen LogP contribution in [0.3, 0.4) is 0 Å². The van der Waals surface area contributed by atoms with E-state index in [2.05, 4.69) is 0 Å². The highest BCUT2D eigenvalue weighted by Gasteiger charge is 2.24. The van der Waals surface area contributed by atoms with Crippen LogP contribution in [0, 0.1) is 0 Å². The maximum atomic E-state index is 10.4. The predicted molar refractivity (Wildman–Crippen MR) is 40.2 cm³/mol. The molecule has 1 unspecified atom stereocenters. The van der Waals surface area contributed by atoms with Crippen LogP contribution in [-0.2, 0) is 14.2 Å². The number of Topliss-reactive ketones (excluding diaryl/α,β-unsaturated/α-hetero) is 1. The van der Waals surface area contributed by atoms with Gasteiger partial charge >= 0.3 is 13.6 Å². The summed E-state index contributed by atoms with van der Waals surface area (Å²) in [5.74, 6) is -3.01. The average Bonchev–Trinajstić information content (AvgIpc) is 1.81. The number of ketones is 1. The second kappa shape index (κ2) is 4.48. The Balaban J connectivity index is 4.03. The molecule has 0 aliphatic heterocycles. The van der Waals surface area contributed by atoms with Crippen molar-refractivity contribution in [3.63, 3.8) is 0 Å². The molecule has 1 atom stereocenters. The first-order valence-electron chi connectivity index (χ1n) is 3.21. The Morgan fingerprint density at radius 1 is 1.31 bits per heavy atom. The molecule has 4 N–H and O–H groups in total. The van der Waals surface area contributed by atoms with Gasteiger partial charge in [0.2, 0.25) is 5.78 Å². The van der Waals surface area contributed by atoms with Gasteiger partial charge in [-0.1, -0.05) is 0 Å². The molecule has 0 aromatic heterocycles. The quantitative estimate of drug-likeness (QED) is 0.324. The lowest BCUT2D eigenvalue weighted by molar-refractivity contribution is -0.149. The number of rotatable bonds is 5. The number of aliphatic carboxylic acids is 1. The van der Waals surface area contributed by atoms with Gasteiger partial charge in [-0.3, -0.25) is 9.36 Å². The third-order valence-corrected chi connectivity index (χ3v) is 2.01. The van der Waals surface area contributed by atoms with Crippen LogP contribution in [0.15, 0.2) is 0 Å². The second-order valence-electron chi connectivity index (χ2n) is 2.43. The smallest absolute Gasteiger partial charge is 0.372 e. The van der Waals surface area contributed by atoms with Gasteiger partial charge in [-0.15, -0.1) is 0 Å². The van der Waals surface area contributed by atoms with Crippen molar-refractivity contribution in [2.75, 3.05) is 6.16 Å². The van der Waals surface area contributed by atoms with E-state index in [0.717, 1.165) is 0 Å². The van der Waals surface area contributed by atoms with Crippen molar-refractivity contribution < 1.29 is 34.2 Å². The summed E-state index contributed by atoms with van der Waals surface area (Å²) in [6, 6.07) is 0. The lowest BCUT2D eigenvalue weighted by atomic mass is 10.2. The summed E-state index contributed by atoms with van der Waals surface area (Å²) < 4.78 is 10.3. The number of hydrogen-bond acceptors (Lipinski definition) is 4. The first kappa shape index (κ1) is 12.2. The number of carbonyl (C=O) groups excluding carboxylic acids is 1. The van der Waals surface area contributed by atoms with Gasteiger partial charge in [0.1, 0.15) is 0 Å². The number of carboxylic acids is 1. The summed E-state index contributed by atoms with van der Waals surface area (Å²) in [7, 11) is -4.40. The van der Waals surface area contributed by atoms with Crippen molar-refractivity contribution in [2.45, 2.75) is 12.5 Å². The van der Waals surface area contributed by atoms with E-state index < -0.39 is 38.0 Å². The molecule has 8 heteroatoms. The molecule has 0 aliphatic rings. The van der Waals surface area contributed by atoms with Gasteiger partial charge < -0.3 is 20.0 Å². The molecule has 0 aromatic rings. The third-order valence-electron chi connectivity index (χ3n) is 1.11. The van der Waals surface area contributed by atoms with Crippen LogP contribution < -0.4 is 0 Å². The van der Waals surface area contributed by atoms with E-state index >= 15 is 0 Å². The van der Waals surface area contributed by atoms with Crippen molar-refractivity contribution in [3.05, 3.63) is 0 Å². The zero-order valence-electron chi connectivity index (χ0n) is 6.45. The van der Waals surface area contributed by atoms with E-state index in [1.807, 2.05) is 0 Å². The summed E-state index contributed by atoms with van der Waals surface area (Å²) in [4.78, 5) is 37.0. The summed E-state index contributed by atoms with van der Waals surface area (Å²) in [6.45, 7) is 0. The van der Waals surface area contributed by atoms with Crippen LogP contribution in [0.25, 0.3) is 0 Å². The highest BCUT2D eigenvalue weighted by atomic mass is 31.2. The van der Waals surface area contributed by atoms with Crippen molar-refractivity contribution in [3.8, 4) is 0 Å². The molecule has 13 heavy (non-hydrogen) atoms. The average molecular weight is 212 g/mol. The Kier molecular flexibility index (Phi) is 4.22. The number of hydrogen-bond donors (Lipinski definition) is 4. The minimum Gasteiger partial charge on any atom is -0.475 e. The molecular weight excluding hydrogens is 203 g/mol. The van der Waals surface area contributed by atoms with E-state index in [1.54, 1.807) is 0 Å². The second-order valence-corrected chi connectivity index (χ2v) is 4.13. The number of aliphatic hydroxyl groups is 1. The van der Waals surface area contributed by atoms with Gasteiger partial charge in [-0.25, -0.2) is 4.79 Å². The first-order valence-corrected chi connectivity index (χ1v) is 5.01. The Morgan fingerprint density at radius 2 is 1.77 bits per heavy atom. The fourth-order valence-corrected chi connectivity index (χ4v) is 1.32. The zero-order chi connectivity index (χ0) is 10.6. The molecule has 0 amide bonds. The molecule has 0 aromatic carbocycles. The fraction of sp³-hybridized carbons (Fsp3) is 0.600. The van der Waals surface area contributed by atoms with E-state index in [0.29, 0.717) is 0 Å². The van der Waals surface area contributed by atoms with Crippen molar-refractivity contribution in [1.29, 1.82) is 0 Å². The molecule has 0 heterocycles. The molecule has 0 fully saturated rings. The highest BCUT2D eigenvalue weighted by Crippen LogP contribution is 2.35. The molecule has 0 spiro atoms. The lowest BCUT2D eigenvalue weighted by Crippen LogP contribution is -2.22. The zero-order valence-corrected chi connectivity index (χ0v) is 7.35. The van der Waals surface area contributed by atoms with Gasteiger partial charge in [0.15, 0.2) is 0 Å². The number of aliphatic hydroxyl groups excluding tert-OH is 1. The molecule has 0 radical (unpaired) electrons. The van der Waals surface area contributed by atoms with E-state index in [9.17, 15) is 14.2 Å². The normalized spacial score (nSPS) is 13.8. The summed E-state index contributed by atoms with van der Waals surface area (Å²) >= 11 is 0. The molecule has 0 aliphatic carbocycles. The molecule has 0 saturated carbocycles. The number of carboxylic acid groups (broad SMARTS) is 1. The van der Waals surface area contributed by atoms with Crippen LogP contribution in [0.4, 0.5) is 0 Å². The van der Waals surface area contributed by atoms with Crippen LogP contribution in [0.5, 0.6) is 0 Å². The molecular formula is C5H9O7P. The van der Waals surface area contributed by atoms with Gasteiger partial charge in [-0.2, -0.15) is 0 Å². The summed E-state index contributed by atoms with van der Waals surface area (Å²) in [5.41, 5.74) is 0. The minimum atomic E-state index is -4.40. The molecule has 0 rings (SSSR count). The van der Waals surface area contributed by atoms with Crippen LogP contribution in [0.2, 0.25) is 0 Å². The Bertz CT molecular complexity index is 254. The van der Waals surface area contributed by atoms with Crippen molar-refractivity contribution in [2.24, 2.45) is 0 Å². The standard InChI is InChI=1S/C5H9O7P/c6-3(2-13(10,11)12)1-4(7)5(8)9/h3,6H,1-2H2,(H,8,9)(H2,10,11,12). The van der Waals surface area contributed by atoms with Crippen LogP contribution in [0.1, 0.15) is 6.42 Å². The molecule has 7 nitrogen and oxygen atoms in total. The Labute approximate surface area is 73.2 Å². The molecule has 76 valence electrons. The van der Waals surface area contributed by atoms with Gasteiger partial charge in [0.05, 0.1) is 12.3 Å². The van der Waals surface area contributed by atoms with Gasteiger partial charge in [0, 0.05) is 6.42 Å². The number of carbonyl (C=O) groups is 2. The van der Waals surface area contributed by atoms with E-state index in [-0.39, 0.29) is 0 Å².